The highest BCUT2D eigenvalue weighted by Gasteiger charge is 2.57. The van der Waals surface area contributed by atoms with Crippen LogP contribution in [-0.4, -0.2) is 46.4 Å². The van der Waals surface area contributed by atoms with E-state index >= 15 is 0 Å². The molecule has 2 N–H and O–H groups in total. The van der Waals surface area contributed by atoms with E-state index in [-0.39, 0.29) is 6.54 Å². The quantitative estimate of drug-likeness (QED) is 0.521. The van der Waals surface area contributed by atoms with E-state index in [9.17, 15) is 30.4 Å². The van der Waals surface area contributed by atoms with Crippen molar-refractivity contribution >= 4 is 10.0 Å². The summed E-state index contributed by atoms with van der Waals surface area (Å²) in [6, 6.07) is 0. The standard InChI is InChI=1S/C8H15F5N2O2S/c1-14-4-2-5-15-18(16,17)6-3-7(9,10)8(11,12)13/h14-15H,2-6H2,1H3. The molecule has 0 aromatic rings. The predicted molar refractivity (Wildman–Crippen MR) is 56.0 cm³/mol. The Morgan fingerprint density at radius 3 is 2.06 bits per heavy atom. The highest BCUT2D eigenvalue weighted by atomic mass is 32.2. The first-order valence-electron chi connectivity index (χ1n) is 5.08. The molecule has 0 radical (unpaired) electrons. The molecule has 0 unspecified atom stereocenters. The molecular weight excluding hydrogens is 283 g/mol. The van der Waals surface area contributed by atoms with Crippen LogP contribution in [-0.2, 0) is 10.0 Å². The number of halogens is 5. The third kappa shape index (κ3) is 6.45. The minimum absolute atomic E-state index is 0.0131. The van der Waals surface area contributed by atoms with Gasteiger partial charge in [0.2, 0.25) is 10.0 Å². The van der Waals surface area contributed by atoms with E-state index in [4.69, 9.17) is 0 Å². The summed E-state index contributed by atoms with van der Waals surface area (Å²) in [5, 5.41) is 2.73. The van der Waals surface area contributed by atoms with Gasteiger partial charge in [-0.2, -0.15) is 22.0 Å². The topological polar surface area (TPSA) is 58.2 Å². The normalized spacial score (nSPS) is 13.9. The van der Waals surface area contributed by atoms with Gasteiger partial charge in [-0.3, -0.25) is 0 Å². The molecule has 0 fully saturated rings. The second kappa shape index (κ2) is 6.62. The van der Waals surface area contributed by atoms with Crippen LogP contribution in [0, 0.1) is 0 Å². The molecule has 0 aromatic heterocycles. The summed E-state index contributed by atoms with van der Waals surface area (Å²) >= 11 is 0. The molecule has 0 rings (SSSR count). The van der Waals surface area contributed by atoms with Gasteiger partial charge in [0.15, 0.2) is 0 Å². The zero-order chi connectivity index (χ0) is 14.4. The van der Waals surface area contributed by atoms with Gasteiger partial charge in [0.25, 0.3) is 0 Å². The van der Waals surface area contributed by atoms with Crippen molar-refractivity contribution in [3.8, 4) is 0 Å². The summed E-state index contributed by atoms with van der Waals surface area (Å²) in [4.78, 5) is 0. The van der Waals surface area contributed by atoms with E-state index in [2.05, 4.69) is 5.32 Å². The zero-order valence-corrected chi connectivity index (χ0v) is 10.5. The number of hydrogen-bond donors (Lipinski definition) is 2. The van der Waals surface area contributed by atoms with E-state index in [0.717, 1.165) is 0 Å². The van der Waals surface area contributed by atoms with Crippen molar-refractivity contribution in [2.75, 3.05) is 25.9 Å². The third-order valence-electron chi connectivity index (χ3n) is 2.03. The molecule has 0 aliphatic rings. The molecule has 0 amide bonds. The Bertz CT molecular complexity index is 342. The van der Waals surface area contributed by atoms with E-state index in [0.29, 0.717) is 13.0 Å². The Labute approximate surface area is 102 Å². The molecule has 0 atom stereocenters. The van der Waals surface area contributed by atoms with Crippen molar-refractivity contribution in [1.82, 2.24) is 10.0 Å². The number of rotatable bonds is 8. The van der Waals surface area contributed by atoms with Gasteiger partial charge in [-0.05, 0) is 20.0 Å². The molecule has 0 bridgehead atoms. The van der Waals surface area contributed by atoms with E-state index in [1.54, 1.807) is 7.05 Å². The van der Waals surface area contributed by atoms with Crippen molar-refractivity contribution < 1.29 is 30.4 Å². The fourth-order valence-corrected chi connectivity index (χ4v) is 2.09. The van der Waals surface area contributed by atoms with Crippen molar-refractivity contribution in [2.45, 2.75) is 24.9 Å². The number of hydrogen-bond acceptors (Lipinski definition) is 3. The Morgan fingerprint density at radius 2 is 1.61 bits per heavy atom. The monoisotopic (exact) mass is 298 g/mol. The fourth-order valence-electron chi connectivity index (χ4n) is 0.969. The van der Waals surface area contributed by atoms with Gasteiger partial charge in [0, 0.05) is 13.0 Å². The molecule has 18 heavy (non-hydrogen) atoms. The number of nitrogens with one attached hydrogen (secondary N) is 2. The van der Waals surface area contributed by atoms with Crippen LogP contribution in [0.3, 0.4) is 0 Å². The molecule has 0 aliphatic carbocycles. The van der Waals surface area contributed by atoms with Crippen LogP contribution in [0.4, 0.5) is 22.0 Å². The summed E-state index contributed by atoms with van der Waals surface area (Å²) in [6.45, 7) is 0.488. The molecule has 4 nitrogen and oxygen atoms in total. The van der Waals surface area contributed by atoms with Gasteiger partial charge in [-0.1, -0.05) is 0 Å². The average Bonchev–Trinajstić information content (AvgIpc) is 2.21. The molecule has 0 aromatic carbocycles. The molecule has 0 heterocycles. The predicted octanol–water partition coefficient (Wildman–Crippen LogP) is 1.10. The van der Waals surface area contributed by atoms with Gasteiger partial charge >= 0.3 is 12.1 Å². The van der Waals surface area contributed by atoms with Crippen LogP contribution in [0.25, 0.3) is 0 Å². The van der Waals surface area contributed by atoms with Crippen LogP contribution in [0.15, 0.2) is 0 Å². The lowest BCUT2D eigenvalue weighted by molar-refractivity contribution is -0.282. The van der Waals surface area contributed by atoms with Gasteiger partial charge in [-0.15, -0.1) is 0 Å². The van der Waals surface area contributed by atoms with Crippen molar-refractivity contribution in [3.05, 3.63) is 0 Å². The summed E-state index contributed by atoms with van der Waals surface area (Å²) in [5.74, 6) is -6.26. The average molecular weight is 298 g/mol. The smallest absolute Gasteiger partial charge is 0.320 e. The maximum atomic E-state index is 12.5. The van der Waals surface area contributed by atoms with Gasteiger partial charge < -0.3 is 5.32 Å². The van der Waals surface area contributed by atoms with E-state index in [1.807, 2.05) is 4.72 Å². The summed E-state index contributed by atoms with van der Waals surface area (Å²) < 4.78 is 84.5. The lowest BCUT2D eigenvalue weighted by Gasteiger charge is -2.19. The Morgan fingerprint density at radius 1 is 1.06 bits per heavy atom. The largest absolute Gasteiger partial charge is 0.453 e. The first-order chi connectivity index (χ1) is 8.02. The Balaban J connectivity index is 4.19. The summed E-state index contributed by atoms with van der Waals surface area (Å²) in [6.07, 6.45) is -7.10. The lowest BCUT2D eigenvalue weighted by Crippen LogP contribution is -2.39. The third-order valence-corrected chi connectivity index (χ3v) is 3.41. The SMILES string of the molecule is CNCCCNS(=O)(=O)CCC(F)(F)C(F)(F)F. The van der Waals surface area contributed by atoms with Gasteiger partial charge in [-0.25, -0.2) is 13.1 Å². The van der Waals surface area contributed by atoms with Gasteiger partial charge in [0.1, 0.15) is 0 Å². The van der Waals surface area contributed by atoms with E-state index < -0.39 is 34.3 Å². The fraction of sp³-hybridized carbons (Fsp3) is 1.00. The highest BCUT2D eigenvalue weighted by molar-refractivity contribution is 7.89. The Kier molecular flexibility index (Phi) is 6.44. The van der Waals surface area contributed by atoms with E-state index in [1.165, 1.54) is 0 Å². The van der Waals surface area contributed by atoms with Crippen LogP contribution < -0.4 is 10.0 Å². The summed E-state index contributed by atoms with van der Waals surface area (Å²) in [7, 11) is -2.48. The Hall–Kier alpha value is -0.480. The van der Waals surface area contributed by atoms with Crippen molar-refractivity contribution in [2.24, 2.45) is 0 Å². The minimum atomic E-state index is -5.73. The molecule has 10 heteroatoms. The molecule has 0 saturated carbocycles. The molecule has 110 valence electrons. The molecule has 0 spiro atoms. The maximum Gasteiger partial charge on any atom is 0.453 e. The number of alkyl halides is 5. The second-order valence-electron chi connectivity index (χ2n) is 3.62. The first-order valence-corrected chi connectivity index (χ1v) is 6.73. The second-order valence-corrected chi connectivity index (χ2v) is 5.55. The van der Waals surface area contributed by atoms with Gasteiger partial charge in [0.05, 0.1) is 5.75 Å². The zero-order valence-electron chi connectivity index (χ0n) is 9.65. The minimum Gasteiger partial charge on any atom is -0.320 e. The van der Waals surface area contributed by atoms with Crippen molar-refractivity contribution in [1.29, 1.82) is 0 Å². The molecular formula is C8H15F5N2O2S. The number of sulfonamides is 1. The van der Waals surface area contributed by atoms with Crippen LogP contribution in [0.1, 0.15) is 12.8 Å². The van der Waals surface area contributed by atoms with Crippen LogP contribution in [0.5, 0.6) is 0 Å². The van der Waals surface area contributed by atoms with Crippen molar-refractivity contribution in [3.63, 3.8) is 0 Å². The highest BCUT2D eigenvalue weighted by Crippen LogP contribution is 2.38. The molecule has 0 saturated heterocycles. The van der Waals surface area contributed by atoms with Crippen LogP contribution >= 0.6 is 0 Å². The first kappa shape index (κ1) is 17.5. The summed E-state index contributed by atoms with van der Waals surface area (Å²) in [5.41, 5.74) is 0. The maximum absolute atomic E-state index is 12.5. The lowest BCUT2D eigenvalue weighted by atomic mass is 10.2. The molecule has 0 aliphatic heterocycles. The van der Waals surface area contributed by atoms with Crippen LogP contribution in [0.2, 0.25) is 0 Å².